The van der Waals surface area contributed by atoms with Gasteiger partial charge in [0.15, 0.2) is 0 Å². The zero-order valence-corrected chi connectivity index (χ0v) is 44.9. The number of benzene rings is 7. The number of carbonyl (C=O) groups is 4. The van der Waals surface area contributed by atoms with Gasteiger partial charge in [-0.15, -0.1) is 0 Å². The highest BCUT2D eigenvalue weighted by atomic mass is 31.1. The van der Waals surface area contributed by atoms with Crippen LogP contribution in [0.5, 0.6) is 0 Å². The molecule has 80 heavy (non-hydrogen) atoms. The lowest BCUT2D eigenvalue weighted by molar-refractivity contribution is -0.132. The van der Waals surface area contributed by atoms with Crippen LogP contribution in [0.2, 0.25) is 0 Å². The third-order valence-corrected chi connectivity index (χ3v) is 18.5. The maximum Gasteiger partial charge on any atom is 0.336 e. The summed E-state index contributed by atoms with van der Waals surface area (Å²) in [5.41, 5.74) is 1.56. The Morgan fingerprint density at radius 3 is 1.27 bits per heavy atom. The lowest BCUT2D eigenvalue weighted by Gasteiger charge is -2.26. The molecule has 0 saturated carbocycles. The SMILES string of the molecule is C=C/C(C)=C(\C(=C/C)C(=O)O)C1n2c(=O)c3ccccc3c(=O)n2CP1c1ccccc1.O=C(O)c1ccccc1.O=C(O)c1ccccc1.O=C(O)c1ccccc1C1n2c(=O)c3ccccc3c(=O)n2CP1c1ccccc1. The lowest BCUT2D eigenvalue weighted by Crippen LogP contribution is -2.36. The van der Waals surface area contributed by atoms with Gasteiger partial charge in [0.05, 0.1) is 56.4 Å². The van der Waals surface area contributed by atoms with Crippen molar-refractivity contribution >= 4 is 71.9 Å². The molecule has 9 aromatic rings. The molecule has 11 rings (SSSR count). The highest BCUT2D eigenvalue weighted by Crippen LogP contribution is 2.58. The van der Waals surface area contributed by atoms with Crippen molar-refractivity contribution in [1.82, 2.24) is 18.7 Å². The molecule has 7 aromatic carbocycles. The summed E-state index contributed by atoms with van der Waals surface area (Å²) in [7, 11) is -2.23. The molecule has 4 heterocycles. The molecule has 2 aliphatic rings. The number of allylic oxidation sites excluding steroid dienone is 3. The quantitative estimate of drug-likeness (QED) is 0.0569. The fraction of sp³-hybridized carbons (Fsp3) is 0.0968. The standard InChI is InChI=1S/C25H23N2O4P.C23H17N2O4P.2C7H6O2/c1-4-16(3)21(18(5-2)25(30)31)24-27-23(29)20-14-10-9-13-19(20)22(28)26(27)15-32(24)17-11-7-6-8-12-17;26-20-16-10-4-5-11-17(16)21(27)25-22(18-12-6-7-13-19(18)23(28)29)30(14-24(20)25)15-8-2-1-3-9-15;2*8-7(9)6-4-2-1-3-5-6/h4-14,24H,1,15H2,2-3H3,(H,30,31);1-13,22H,14H2,(H,28,29);2*1-5H,(H,8,9)/b18-5+,21-16+;;;. The molecule has 18 heteroatoms. The maximum atomic E-state index is 13.7. The average molecular weight is 1110 g/mol. The van der Waals surface area contributed by atoms with Gasteiger partial charge in [0.1, 0.15) is 11.6 Å². The van der Waals surface area contributed by atoms with Gasteiger partial charge in [-0.3, -0.25) is 19.2 Å². The van der Waals surface area contributed by atoms with E-state index in [1.54, 1.807) is 153 Å². The minimum Gasteiger partial charge on any atom is -0.478 e. The van der Waals surface area contributed by atoms with Crippen molar-refractivity contribution in [2.24, 2.45) is 0 Å². The van der Waals surface area contributed by atoms with E-state index in [-0.39, 0.29) is 33.4 Å². The fourth-order valence-corrected chi connectivity index (χ4v) is 15.1. The van der Waals surface area contributed by atoms with Gasteiger partial charge >= 0.3 is 23.9 Å². The first-order chi connectivity index (χ1) is 38.6. The largest absolute Gasteiger partial charge is 0.478 e. The molecule has 0 bridgehead atoms. The van der Waals surface area contributed by atoms with E-state index in [9.17, 15) is 48.6 Å². The number of carboxylic acid groups (broad SMARTS) is 4. The molecular weight excluding hydrogens is 1050 g/mol. The molecule has 16 nitrogen and oxygen atoms in total. The smallest absolute Gasteiger partial charge is 0.336 e. The van der Waals surface area contributed by atoms with E-state index in [0.717, 1.165) is 10.6 Å². The van der Waals surface area contributed by atoms with Crippen molar-refractivity contribution in [3.63, 3.8) is 0 Å². The summed E-state index contributed by atoms with van der Waals surface area (Å²) in [5, 5.41) is 39.9. The summed E-state index contributed by atoms with van der Waals surface area (Å²) in [6, 6.07) is 56.3. The highest BCUT2D eigenvalue weighted by molar-refractivity contribution is 7.65. The van der Waals surface area contributed by atoms with Crippen LogP contribution in [0.4, 0.5) is 0 Å². The van der Waals surface area contributed by atoms with Crippen LogP contribution in [0.3, 0.4) is 0 Å². The second kappa shape index (κ2) is 25.2. The van der Waals surface area contributed by atoms with Gasteiger partial charge in [0.25, 0.3) is 22.2 Å². The van der Waals surface area contributed by atoms with Gasteiger partial charge in [-0.1, -0.05) is 158 Å². The van der Waals surface area contributed by atoms with Gasteiger partial charge in [0, 0.05) is 0 Å². The molecule has 0 spiro atoms. The summed E-state index contributed by atoms with van der Waals surface area (Å²) >= 11 is 0. The van der Waals surface area contributed by atoms with Gasteiger partial charge < -0.3 is 20.4 Å². The maximum absolute atomic E-state index is 13.7. The number of rotatable bonds is 10. The minimum atomic E-state index is -1.15. The molecule has 0 saturated heterocycles. The molecule has 0 aliphatic carbocycles. The van der Waals surface area contributed by atoms with Crippen molar-refractivity contribution in [2.45, 2.75) is 38.0 Å². The Morgan fingerprint density at radius 2 is 0.863 bits per heavy atom. The zero-order chi connectivity index (χ0) is 57.2. The van der Waals surface area contributed by atoms with Crippen molar-refractivity contribution < 1.29 is 39.6 Å². The Labute approximate surface area is 459 Å². The molecule has 2 aromatic heterocycles. The first kappa shape index (κ1) is 56.6. The van der Waals surface area contributed by atoms with Gasteiger partial charge in [-0.2, -0.15) is 0 Å². The molecular formula is C62H52N4O12P2. The number of hydrogen-bond donors (Lipinski definition) is 4. The second-order valence-electron chi connectivity index (χ2n) is 18.0. The zero-order valence-electron chi connectivity index (χ0n) is 43.1. The Bertz CT molecular complexity index is 4090. The molecule has 4 N–H and O–H groups in total. The number of aliphatic carboxylic acids is 1. The van der Waals surface area contributed by atoms with Crippen LogP contribution in [0.25, 0.3) is 21.5 Å². The summed E-state index contributed by atoms with van der Waals surface area (Å²) < 4.78 is 5.93. The van der Waals surface area contributed by atoms with Crippen molar-refractivity contribution in [3.05, 3.63) is 293 Å². The van der Waals surface area contributed by atoms with E-state index in [1.165, 1.54) is 24.8 Å². The third-order valence-electron chi connectivity index (χ3n) is 13.3. The summed E-state index contributed by atoms with van der Waals surface area (Å²) in [4.78, 5) is 98.3. The van der Waals surface area contributed by atoms with Crippen LogP contribution in [-0.2, 0) is 17.4 Å². The topological polar surface area (TPSA) is 237 Å². The normalized spacial score (nSPS) is 16.2. The van der Waals surface area contributed by atoms with Crippen LogP contribution in [0.1, 0.15) is 62.1 Å². The van der Waals surface area contributed by atoms with E-state index >= 15 is 0 Å². The van der Waals surface area contributed by atoms with Crippen LogP contribution in [0, 0.1) is 0 Å². The van der Waals surface area contributed by atoms with Crippen molar-refractivity contribution in [3.8, 4) is 0 Å². The van der Waals surface area contributed by atoms with Crippen LogP contribution in [-0.4, -0.2) is 63.0 Å². The molecule has 0 amide bonds. The summed E-state index contributed by atoms with van der Waals surface area (Å²) in [5.74, 6) is -5.05. The first-order valence-corrected chi connectivity index (χ1v) is 28.0. The van der Waals surface area contributed by atoms with Crippen LogP contribution >= 0.6 is 15.8 Å². The number of hydrogen-bond acceptors (Lipinski definition) is 8. The Balaban J connectivity index is 0.000000161. The van der Waals surface area contributed by atoms with Gasteiger partial charge in [-0.05, 0) is 112 Å². The number of carboxylic acids is 4. The predicted octanol–water partition coefficient (Wildman–Crippen LogP) is 9.93. The average Bonchev–Trinajstić information content (AvgIpc) is 4.16. The molecule has 4 unspecified atom stereocenters. The Kier molecular flexibility index (Phi) is 17.8. The Hall–Kier alpha value is -9.62. The Morgan fingerprint density at radius 1 is 0.487 bits per heavy atom. The van der Waals surface area contributed by atoms with Crippen LogP contribution in [0.15, 0.2) is 249 Å². The summed E-state index contributed by atoms with van der Waals surface area (Å²) in [6.07, 6.45) is 3.83. The monoisotopic (exact) mass is 1110 g/mol. The predicted molar refractivity (Wildman–Crippen MR) is 313 cm³/mol. The third kappa shape index (κ3) is 11.6. The van der Waals surface area contributed by atoms with E-state index in [0.29, 0.717) is 62.0 Å². The second-order valence-corrected chi connectivity index (χ2v) is 22.4. The molecule has 4 atom stereocenters. The number of aromatic carboxylic acids is 3. The summed E-state index contributed by atoms with van der Waals surface area (Å²) in [6.45, 7) is 7.30. The minimum absolute atomic E-state index is 0.108. The van der Waals surface area contributed by atoms with E-state index in [1.807, 2.05) is 60.7 Å². The van der Waals surface area contributed by atoms with E-state index in [2.05, 4.69) is 6.58 Å². The highest BCUT2D eigenvalue weighted by Gasteiger charge is 2.41. The number of nitrogens with zero attached hydrogens (tertiary/aromatic N) is 4. The van der Waals surface area contributed by atoms with Crippen LogP contribution < -0.4 is 32.8 Å². The first-order valence-electron chi connectivity index (χ1n) is 24.8. The molecule has 0 radical (unpaired) electrons. The molecule has 0 fully saturated rings. The van der Waals surface area contributed by atoms with Crippen molar-refractivity contribution in [1.29, 1.82) is 0 Å². The van der Waals surface area contributed by atoms with E-state index in [4.69, 9.17) is 10.2 Å². The van der Waals surface area contributed by atoms with Crippen molar-refractivity contribution in [2.75, 3.05) is 0 Å². The molecule has 402 valence electrons. The van der Waals surface area contributed by atoms with E-state index < -0.39 is 51.3 Å². The number of aromatic nitrogens is 4. The lowest BCUT2D eigenvalue weighted by atomic mass is 10.00. The van der Waals surface area contributed by atoms with Gasteiger partial charge in [-0.25, -0.2) is 37.9 Å². The fourth-order valence-electron chi connectivity index (χ4n) is 9.51. The number of fused-ring (bicyclic) bond motifs is 4. The molecule has 2 aliphatic heterocycles. The van der Waals surface area contributed by atoms with Gasteiger partial charge in [0.2, 0.25) is 0 Å².